The number of aromatic nitrogens is 1. The summed E-state index contributed by atoms with van der Waals surface area (Å²) in [6, 6.07) is 13.2. The standard InChI is InChI=1S/C34H42Br2N6O3/c35-27-18-22(19-28(36)31(27)37)20-30(33(44)41-16-10-25(11-17-41)40-12-4-1-5-13-40)39-34(45)42-14-8-23(9-15-42)26-21-24-6-2-3-7-29(24)38-32(26)43/h2-3,6-7,18-19,21,23,25,30H,1,4-5,8-17,20,37H2,(H,38,43)(H,39,45)/t30-/m1/s1. The molecule has 3 amide bonds. The van der Waals surface area contributed by atoms with E-state index in [1.165, 1.54) is 19.3 Å². The number of hydrogen-bond donors (Lipinski definition) is 3. The Labute approximate surface area is 281 Å². The molecule has 3 fully saturated rings. The first-order chi connectivity index (χ1) is 21.8. The second-order valence-corrected chi connectivity index (χ2v) is 14.4. The van der Waals surface area contributed by atoms with Crippen LogP contribution in [0.25, 0.3) is 10.9 Å². The van der Waals surface area contributed by atoms with Gasteiger partial charge < -0.3 is 30.7 Å². The number of anilines is 1. The fourth-order valence-electron chi connectivity index (χ4n) is 7.25. The van der Waals surface area contributed by atoms with Crippen molar-refractivity contribution in [3.8, 4) is 0 Å². The Bertz CT molecular complexity index is 1570. The molecule has 3 aliphatic rings. The van der Waals surface area contributed by atoms with E-state index in [2.05, 4.69) is 47.1 Å². The highest BCUT2D eigenvalue weighted by Crippen LogP contribution is 2.31. The summed E-state index contributed by atoms with van der Waals surface area (Å²) in [4.78, 5) is 49.9. The highest BCUT2D eigenvalue weighted by atomic mass is 79.9. The second kappa shape index (κ2) is 14.3. The first-order valence-corrected chi connectivity index (χ1v) is 17.8. The Hall–Kier alpha value is -2.89. The van der Waals surface area contributed by atoms with Gasteiger partial charge in [-0.3, -0.25) is 9.59 Å². The molecule has 1 aromatic heterocycles. The Balaban J connectivity index is 1.12. The lowest BCUT2D eigenvalue weighted by Crippen LogP contribution is -2.56. The van der Waals surface area contributed by atoms with Gasteiger partial charge in [0.15, 0.2) is 0 Å². The van der Waals surface area contributed by atoms with Crippen molar-refractivity contribution in [3.63, 3.8) is 0 Å². The summed E-state index contributed by atoms with van der Waals surface area (Å²) in [5.74, 6) is 0.0348. The molecule has 11 heteroatoms. The van der Waals surface area contributed by atoms with Crippen LogP contribution < -0.4 is 16.6 Å². The number of benzene rings is 2. The van der Waals surface area contributed by atoms with Gasteiger partial charge in [0.1, 0.15) is 6.04 Å². The Morgan fingerprint density at radius 1 is 0.889 bits per heavy atom. The molecule has 1 atom stereocenters. The van der Waals surface area contributed by atoms with Gasteiger partial charge in [-0.1, -0.05) is 24.6 Å². The number of piperidine rings is 3. The highest BCUT2D eigenvalue weighted by molar-refractivity contribution is 9.11. The van der Waals surface area contributed by atoms with Crippen molar-refractivity contribution in [2.45, 2.75) is 69.4 Å². The maximum atomic E-state index is 14.0. The van der Waals surface area contributed by atoms with E-state index in [4.69, 9.17) is 5.73 Å². The summed E-state index contributed by atoms with van der Waals surface area (Å²) in [5.41, 5.74) is 9.17. The summed E-state index contributed by atoms with van der Waals surface area (Å²) in [6.07, 6.45) is 7.50. The van der Waals surface area contributed by atoms with E-state index >= 15 is 0 Å². The zero-order valence-electron chi connectivity index (χ0n) is 25.6. The average Bonchev–Trinajstić information content (AvgIpc) is 3.06. The van der Waals surface area contributed by atoms with Gasteiger partial charge in [-0.15, -0.1) is 0 Å². The van der Waals surface area contributed by atoms with Crippen molar-refractivity contribution < 1.29 is 9.59 Å². The molecule has 9 nitrogen and oxygen atoms in total. The number of nitrogens with one attached hydrogen (secondary N) is 2. The Morgan fingerprint density at radius 2 is 1.53 bits per heavy atom. The number of para-hydroxylation sites is 1. The van der Waals surface area contributed by atoms with E-state index in [-0.39, 0.29) is 23.4 Å². The van der Waals surface area contributed by atoms with Crippen LogP contribution in [-0.4, -0.2) is 83.0 Å². The summed E-state index contributed by atoms with van der Waals surface area (Å²) in [6.45, 7) is 4.75. The van der Waals surface area contributed by atoms with Gasteiger partial charge >= 0.3 is 6.03 Å². The molecule has 4 N–H and O–H groups in total. The number of halogens is 2. The normalized spacial score (nSPS) is 19.5. The zero-order valence-corrected chi connectivity index (χ0v) is 28.7. The highest BCUT2D eigenvalue weighted by Gasteiger charge is 2.34. The molecule has 0 radical (unpaired) electrons. The second-order valence-electron chi connectivity index (χ2n) is 12.7. The molecular weight excluding hydrogens is 700 g/mol. The maximum Gasteiger partial charge on any atom is 0.318 e. The van der Waals surface area contributed by atoms with Crippen molar-refractivity contribution in [1.29, 1.82) is 0 Å². The Morgan fingerprint density at radius 3 is 2.22 bits per heavy atom. The Kier molecular flexibility index (Phi) is 10.2. The quantitative estimate of drug-likeness (QED) is 0.284. The number of urea groups is 1. The fraction of sp³-hybridized carbons (Fsp3) is 0.500. The molecule has 0 saturated carbocycles. The molecule has 2 aromatic carbocycles. The summed E-state index contributed by atoms with van der Waals surface area (Å²) >= 11 is 7.05. The predicted octanol–water partition coefficient (Wildman–Crippen LogP) is 5.61. The van der Waals surface area contributed by atoms with Gasteiger partial charge in [-0.2, -0.15) is 0 Å². The number of fused-ring (bicyclic) bond motifs is 1. The molecule has 6 rings (SSSR count). The molecule has 3 saturated heterocycles. The first-order valence-electron chi connectivity index (χ1n) is 16.2. The number of carbonyl (C=O) groups is 2. The van der Waals surface area contributed by atoms with Gasteiger partial charge in [0.2, 0.25) is 5.91 Å². The summed E-state index contributed by atoms with van der Waals surface area (Å²) in [5, 5.41) is 4.12. The number of amides is 3. The number of likely N-dealkylation sites (tertiary alicyclic amines) is 3. The minimum absolute atomic E-state index is 0.0397. The molecule has 0 unspecified atom stereocenters. The van der Waals surface area contributed by atoms with Crippen molar-refractivity contribution in [1.82, 2.24) is 25.0 Å². The number of nitrogens with zero attached hydrogens (tertiary/aromatic N) is 3. The van der Waals surface area contributed by atoms with Gasteiger partial charge in [0, 0.05) is 58.7 Å². The lowest BCUT2D eigenvalue weighted by molar-refractivity contribution is -0.134. The van der Waals surface area contributed by atoms with E-state index in [1.807, 2.05) is 47.4 Å². The first kappa shape index (κ1) is 32.1. The number of carbonyl (C=O) groups excluding carboxylic acids is 2. The molecule has 0 spiro atoms. The van der Waals surface area contributed by atoms with Gasteiger partial charge in [0.05, 0.1) is 5.69 Å². The predicted molar refractivity (Wildman–Crippen MR) is 185 cm³/mol. The maximum absolute atomic E-state index is 14.0. The van der Waals surface area contributed by atoms with Gasteiger partial charge in [0.25, 0.3) is 5.56 Å². The van der Waals surface area contributed by atoms with Crippen molar-refractivity contribution in [2.24, 2.45) is 0 Å². The van der Waals surface area contributed by atoms with E-state index in [1.54, 1.807) is 4.90 Å². The number of nitrogens with two attached hydrogens (primary N) is 1. The van der Waals surface area contributed by atoms with Crippen molar-refractivity contribution in [3.05, 3.63) is 72.9 Å². The third-order valence-corrected chi connectivity index (χ3v) is 11.2. The monoisotopic (exact) mass is 740 g/mol. The number of nitrogen functional groups attached to an aromatic ring is 1. The minimum Gasteiger partial charge on any atom is -0.397 e. The van der Waals surface area contributed by atoms with Gasteiger partial charge in [-0.25, -0.2) is 4.79 Å². The third kappa shape index (κ3) is 7.41. The van der Waals surface area contributed by atoms with E-state index in [9.17, 15) is 14.4 Å². The van der Waals surface area contributed by atoms with E-state index in [0.717, 1.165) is 56.9 Å². The lowest BCUT2D eigenvalue weighted by atomic mass is 9.89. The smallest absolute Gasteiger partial charge is 0.318 e. The van der Waals surface area contributed by atoms with E-state index in [0.29, 0.717) is 57.2 Å². The fourth-order valence-corrected chi connectivity index (χ4v) is 8.53. The van der Waals surface area contributed by atoms with Crippen molar-refractivity contribution >= 4 is 60.4 Å². The van der Waals surface area contributed by atoms with Crippen LogP contribution in [0.3, 0.4) is 0 Å². The molecule has 45 heavy (non-hydrogen) atoms. The SMILES string of the molecule is Nc1c(Br)cc(C[C@@H](NC(=O)N2CCC(c3cc4ccccc4[nH]c3=O)CC2)C(=O)N2CCC(N3CCCCC3)CC2)cc1Br. The van der Waals surface area contributed by atoms with Crippen LogP contribution in [-0.2, 0) is 11.2 Å². The van der Waals surface area contributed by atoms with E-state index < -0.39 is 6.04 Å². The lowest BCUT2D eigenvalue weighted by Gasteiger charge is -2.41. The van der Waals surface area contributed by atoms with Crippen LogP contribution in [0.4, 0.5) is 10.5 Å². The number of rotatable bonds is 6. The van der Waals surface area contributed by atoms with Crippen LogP contribution in [0.15, 0.2) is 56.2 Å². The molecular formula is C34H42Br2N6O3. The topological polar surface area (TPSA) is 115 Å². The average molecular weight is 743 g/mol. The minimum atomic E-state index is -0.701. The van der Waals surface area contributed by atoms with Crippen molar-refractivity contribution in [2.75, 3.05) is 45.0 Å². The zero-order chi connectivity index (χ0) is 31.5. The summed E-state index contributed by atoms with van der Waals surface area (Å²) in [7, 11) is 0. The molecule has 240 valence electrons. The third-order valence-electron chi connectivity index (χ3n) is 9.86. The molecule has 0 bridgehead atoms. The number of pyridine rings is 1. The number of H-pyrrole nitrogens is 1. The van der Waals surface area contributed by atoms with Gasteiger partial charge in [-0.05, 0) is 125 Å². The number of hydrogen-bond acceptors (Lipinski definition) is 5. The molecule has 3 aliphatic heterocycles. The van der Waals surface area contributed by atoms with Crippen LogP contribution in [0.1, 0.15) is 62.0 Å². The summed E-state index contributed by atoms with van der Waals surface area (Å²) < 4.78 is 1.50. The molecule has 3 aromatic rings. The largest absolute Gasteiger partial charge is 0.397 e. The van der Waals surface area contributed by atoms with Crippen LogP contribution in [0, 0.1) is 0 Å². The van der Waals surface area contributed by atoms with Crippen LogP contribution >= 0.6 is 31.9 Å². The van der Waals surface area contributed by atoms with Crippen LogP contribution in [0.2, 0.25) is 0 Å². The van der Waals surface area contributed by atoms with Crippen LogP contribution in [0.5, 0.6) is 0 Å². The molecule has 4 heterocycles. The molecule has 0 aliphatic carbocycles. The number of aromatic amines is 1.